The molecule has 0 amide bonds. The third-order valence-electron chi connectivity index (χ3n) is 5.31. The van der Waals surface area contributed by atoms with E-state index in [1.165, 1.54) is 5.69 Å². The summed E-state index contributed by atoms with van der Waals surface area (Å²) < 4.78 is 5.34. The van der Waals surface area contributed by atoms with Crippen LogP contribution in [0.2, 0.25) is 0 Å². The lowest BCUT2D eigenvalue weighted by Gasteiger charge is -2.38. The number of nitrogens with zero attached hydrogens (tertiary/aromatic N) is 2. The molecule has 1 atom stereocenters. The lowest BCUT2D eigenvalue weighted by Crippen LogP contribution is -2.50. The molecule has 3 rings (SSSR count). The predicted octanol–water partition coefficient (Wildman–Crippen LogP) is 2.81. The first kappa shape index (κ1) is 21.4. The number of hydrogen-bond acceptors (Lipinski definition) is 5. The molecule has 29 heavy (non-hydrogen) atoms. The molecule has 2 aromatic carbocycles. The van der Waals surface area contributed by atoms with Gasteiger partial charge in [0, 0.05) is 31.9 Å². The molecule has 0 aromatic heterocycles. The van der Waals surface area contributed by atoms with Crippen molar-refractivity contribution in [3.63, 3.8) is 0 Å². The maximum Gasteiger partial charge on any atom is 0.168 e. The summed E-state index contributed by atoms with van der Waals surface area (Å²) in [5.74, 6) is 0.706. The first-order valence-electron chi connectivity index (χ1n) is 10.0. The Kier molecular flexibility index (Phi) is 7.69. The van der Waals surface area contributed by atoms with Crippen molar-refractivity contribution in [2.75, 3.05) is 43.5 Å². The Morgan fingerprint density at radius 2 is 1.90 bits per heavy atom. The van der Waals surface area contributed by atoms with Gasteiger partial charge in [0.15, 0.2) is 5.11 Å². The van der Waals surface area contributed by atoms with Crippen molar-refractivity contribution in [3.8, 4) is 5.75 Å². The summed E-state index contributed by atoms with van der Waals surface area (Å²) in [5.41, 5.74) is 8.77. The van der Waals surface area contributed by atoms with Crippen molar-refractivity contribution in [1.82, 2.24) is 4.90 Å². The Hall–Kier alpha value is -2.35. The van der Waals surface area contributed by atoms with E-state index in [1.54, 1.807) is 7.11 Å². The second-order valence-corrected chi connectivity index (χ2v) is 7.70. The van der Waals surface area contributed by atoms with Gasteiger partial charge in [0.25, 0.3) is 0 Å². The van der Waals surface area contributed by atoms with Crippen molar-refractivity contribution in [2.24, 2.45) is 5.73 Å². The molecular formula is C22H30N4O2S. The number of para-hydroxylation sites is 1. The van der Waals surface area contributed by atoms with E-state index in [4.69, 9.17) is 22.7 Å². The lowest BCUT2D eigenvalue weighted by molar-refractivity contribution is -0.00665. The number of methoxy groups -OCH3 is 1. The summed E-state index contributed by atoms with van der Waals surface area (Å²) in [5, 5.41) is 13.8. The first-order valence-corrected chi connectivity index (χ1v) is 10.4. The van der Waals surface area contributed by atoms with Crippen molar-refractivity contribution >= 4 is 28.7 Å². The Morgan fingerprint density at radius 3 is 2.55 bits per heavy atom. The van der Waals surface area contributed by atoms with Crippen LogP contribution in [-0.2, 0) is 6.42 Å². The molecule has 1 fully saturated rings. The van der Waals surface area contributed by atoms with Crippen LogP contribution in [0.25, 0.3) is 0 Å². The van der Waals surface area contributed by atoms with Gasteiger partial charge in [0.05, 0.1) is 12.8 Å². The van der Waals surface area contributed by atoms with Gasteiger partial charge in [-0.25, -0.2) is 0 Å². The summed E-state index contributed by atoms with van der Waals surface area (Å²) in [6.07, 6.45) is 2.12. The normalized spacial score (nSPS) is 15.7. The number of hydrogen-bond donors (Lipinski definition) is 3. The quantitative estimate of drug-likeness (QED) is 0.574. The third-order valence-corrected chi connectivity index (χ3v) is 5.41. The number of aliphatic hydroxyl groups is 1. The van der Waals surface area contributed by atoms with Crippen LogP contribution in [-0.4, -0.2) is 54.6 Å². The fraction of sp³-hybridized carbons (Fsp3) is 0.409. The average molecular weight is 415 g/mol. The van der Waals surface area contributed by atoms with E-state index < -0.39 is 6.23 Å². The number of anilines is 2. The van der Waals surface area contributed by atoms with Gasteiger partial charge in [-0.15, -0.1) is 0 Å². The van der Waals surface area contributed by atoms with E-state index in [-0.39, 0.29) is 5.11 Å². The van der Waals surface area contributed by atoms with Gasteiger partial charge in [0.2, 0.25) is 0 Å². The van der Waals surface area contributed by atoms with E-state index in [9.17, 15) is 5.11 Å². The molecule has 1 unspecified atom stereocenters. The fourth-order valence-electron chi connectivity index (χ4n) is 3.73. The second-order valence-electron chi connectivity index (χ2n) is 7.26. The van der Waals surface area contributed by atoms with Gasteiger partial charge < -0.3 is 25.8 Å². The average Bonchev–Trinajstić information content (AvgIpc) is 2.74. The fourth-order valence-corrected chi connectivity index (χ4v) is 3.84. The number of aliphatic hydroxyl groups excluding tert-OH is 1. The van der Waals surface area contributed by atoms with E-state index in [0.29, 0.717) is 5.75 Å². The van der Waals surface area contributed by atoms with Crippen LogP contribution >= 0.6 is 12.2 Å². The number of nitrogens with two attached hydrogens (primary N) is 1. The summed E-state index contributed by atoms with van der Waals surface area (Å²) in [6, 6.07) is 16.4. The molecular weight excluding hydrogens is 384 g/mol. The summed E-state index contributed by atoms with van der Waals surface area (Å²) in [6.45, 7) is 3.63. The highest BCUT2D eigenvalue weighted by Crippen LogP contribution is 2.26. The van der Waals surface area contributed by atoms with E-state index in [1.807, 2.05) is 24.3 Å². The Labute approximate surface area is 178 Å². The lowest BCUT2D eigenvalue weighted by atomic mass is 10.1. The van der Waals surface area contributed by atoms with E-state index in [2.05, 4.69) is 39.4 Å². The van der Waals surface area contributed by atoms with Gasteiger partial charge >= 0.3 is 0 Å². The minimum atomic E-state index is -0.402. The molecule has 1 aliphatic rings. The molecule has 2 aromatic rings. The number of rotatable bonds is 8. The van der Waals surface area contributed by atoms with Crippen molar-refractivity contribution in [3.05, 3.63) is 54.1 Å². The summed E-state index contributed by atoms with van der Waals surface area (Å²) in [4.78, 5) is 4.55. The Bertz CT molecular complexity index is 795. The van der Waals surface area contributed by atoms with Crippen molar-refractivity contribution in [2.45, 2.75) is 25.5 Å². The van der Waals surface area contributed by atoms with Gasteiger partial charge in [-0.2, -0.15) is 0 Å². The topological polar surface area (TPSA) is 74.0 Å². The van der Waals surface area contributed by atoms with E-state index >= 15 is 0 Å². The first-order chi connectivity index (χ1) is 14.1. The van der Waals surface area contributed by atoms with Gasteiger partial charge in [0.1, 0.15) is 12.0 Å². The van der Waals surface area contributed by atoms with Crippen molar-refractivity contribution in [1.29, 1.82) is 0 Å². The van der Waals surface area contributed by atoms with Crippen LogP contribution in [0.1, 0.15) is 18.4 Å². The zero-order valence-electron chi connectivity index (χ0n) is 16.9. The number of nitrogens with one attached hydrogen (secondary N) is 1. The highest BCUT2D eigenvalue weighted by Gasteiger charge is 2.22. The molecule has 6 nitrogen and oxygen atoms in total. The smallest absolute Gasteiger partial charge is 0.168 e. The van der Waals surface area contributed by atoms with Crippen molar-refractivity contribution < 1.29 is 9.84 Å². The number of piperazine rings is 1. The van der Waals surface area contributed by atoms with Crippen LogP contribution < -0.4 is 20.7 Å². The molecule has 0 bridgehead atoms. The number of thiocarbonyl (C=S) groups is 1. The molecule has 0 saturated carbocycles. The minimum absolute atomic E-state index is 0.213. The number of aryl methyl sites for hydroxylation is 1. The van der Waals surface area contributed by atoms with Crippen LogP contribution in [0.5, 0.6) is 5.75 Å². The van der Waals surface area contributed by atoms with Crippen LogP contribution in [0, 0.1) is 0 Å². The molecule has 4 N–H and O–H groups in total. The largest absolute Gasteiger partial charge is 0.495 e. The molecule has 156 valence electrons. The molecule has 0 spiro atoms. The van der Waals surface area contributed by atoms with Crippen LogP contribution in [0.15, 0.2) is 48.5 Å². The molecule has 0 radical (unpaired) electrons. The molecule has 1 saturated heterocycles. The summed E-state index contributed by atoms with van der Waals surface area (Å²) >= 11 is 4.93. The number of ether oxygens (including phenoxy) is 1. The monoisotopic (exact) mass is 414 g/mol. The summed E-state index contributed by atoms with van der Waals surface area (Å²) in [7, 11) is 1.62. The maximum atomic E-state index is 10.6. The Balaban J connectivity index is 1.45. The molecule has 1 aliphatic heterocycles. The molecule has 7 heteroatoms. The highest BCUT2D eigenvalue weighted by atomic mass is 32.1. The predicted molar refractivity (Wildman–Crippen MR) is 123 cm³/mol. The minimum Gasteiger partial charge on any atom is -0.495 e. The molecule has 1 heterocycles. The standard InChI is InChI=1S/C22H30N4O2S/c1-28-20-11-10-17(16-19(20)24-22(23)29)6-5-9-21(27)26-14-12-25(13-15-26)18-7-3-2-4-8-18/h2-4,7-8,10-11,16,21,27H,5-6,9,12-15H2,1H3,(H3,23,24,29). The SMILES string of the molecule is COc1ccc(CCCC(O)N2CCN(c3ccccc3)CC2)cc1NC(N)=S. The number of benzene rings is 2. The van der Waals surface area contributed by atoms with Crippen LogP contribution in [0.3, 0.4) is 0 Å². The van der Waals surface area contributed by atoms with Gasteiger partial charge in [-0.05, 0) is 61.3 Å². The van der Waals surface area contributed by atoms with Gasteiger partial charge in [-0.3, -0.25) is 4.90 Å². The van der Waals surface area contributed by atoms with Crippen LogP contribution in [0.4, 0.5) is 11.4 Å². The van der Waals surface area contributed by atoms with E-state index in [0.717, 1.165) is 56.7 Å². The maximum absolute atomic E-state index is 10.6. The third kappa shape index (κ3) is 6.06. The zero-order chi connectivity index (χ0) is 20.6. The zero-order valence-corrected chi connectivity index (χ0v) is 17.7. The highest BCUT2D eigenvalue weighted by molar-refractivity contribution is 7.80. The molecule has 0 aliphatic carbocycles. The Morgan fingerprint density at radius 1 is 1.17 bits per heavy atom. The second kappa shape index (κ2) is 10.4. The van der Waals surface area contributed by atoms with Gasteiger partial charge in [-0.1, -0.05) is 24.3 Å².